The molecule has 8 nitrogen and oxygen atoms in total. The fraction of sp³-hybridized carbons (Fsp3) is 0.455. The van der Waals surface area contributed by atoms with Crippen LogP contribution in [0.25, 0.3) is 5.65 Å². The number of aromatic nitrogens is 4. The van der Waals surface area contributed by atoms with Crippen molar-refractivity contribution in [3.8, 4) is 0 Å². The molecule has 1 unspecified atom stereocenters. The summed E-state index contributed by atoms with van der Waals surface area (Å²) in [4.78, 5) is 17.4. The normalized spacial score (nSPS) is 20.1. The number of rotatable bonds is 4. The number of nitrogens with one attached hydrogen (secondary N) is 1. The van der Waals surface area contributed by atoms with Gasteiger partial charge >= 0.3 is 0 Å². The van der Waals surface area contributed by atoms with Crippen molar-refractivity contribution in [3.05, 3.63) is 42.7 Å². The standard InChI is InChI=1S/C22H27N7O/c1-16-8-11-28(14-16)19-4-2-18(3-5-19)24-22(30)17-9-12-27(13-10-17)21-7-6-20-25-23-15-29(20)26-21/h2-7,15-17H,8-14H2,1H3,(H,24,30). The van der Waals surface area contributed by atoms with E-state index in [4.69, 9.17) is 0 Å². The van der Waals surface area contributed by atoms with Crippen molar-refractivity contribution in [1.29, 1.82) is 0 Å². The van der Waals surface area contributed by atoms with Crippen molar-refractivity contribution < 1.29 is 4.79 Å². The number of benzene rings is 1. The van der Waals surface area contributed by atoms with Gasteiger partial charge in [0.15, 0.2) is 5.65 Å². The van der Waals surface area contributed by atoms with Crippen molar-refractivity contribution in [3.63, 3.8) is 0 Å². The molecule has 2 aliphatic rings. The number of piperidine rings is 1. The second-order valence-electron chi connectivity index (χ2n) is 8.46. The van der Waals surface area contributed by atoms with Crippen LogP contribution in [0.1, 0.15) is 26.2 Å². The zero-order valence-electron chi connectivity index (χ0n) is 17.2. The van der Waals surface area contributed by atoms with Gasteiger partial charge in [-0.05, 0) is 61.6 Å². The number of hydrogen-bond acceptors (Lipinski definition) is 6. The molecule has 0 saturated carbocycles. The molecule has 2 aliphatic heterocycles. The highest BCUT2D eigenvalue weighted by molar-refractivity contribution is 5.92. The van der Waals surface area contributed by atoms with Gasteiger partial charge in [0.25, 0.3) is 0 Å². The zero-order valence-corrected chi connectivity index (χ0v) is 17.2. The number of fused-ring (bicyclic) bond motifs is 1. The third-order valence-electron chi connectivity index (χ3n) is 6.26. The van der Waals surface area contributed by atoms with E-state index in [0.717, 1.165) is 62.1 Å². The Morgan fingerprint density at radius 2 is 1.77 bits per heavy atom. The maximum Gasteiger partial charge on any atom is 0.227 e. The van der Waals surface area contributed by atoms with Gasteiger partial charge in [0.2, 0.25) is 5.91 Å². The van der Waals surface area contributed by atoms with Crippen LogP contribution in [0.2, 0.25) is 0 Å². The van der Waals surface area contributed by atoms with Crippen LogP contribution in [-0.4, -0.2) is 51.9 Å². The van der Waals surface area contributed by atoms with Gasteiger partial charge in [0.05, 0.1) is 0 Å². The van der Waals surface area contributed by atoms with Gasteiger partial charge in [-0.1, -0.05) is 6.92 Å². The maximum atomic E-state index is 12.8. The zero-order chi connectivity index (χ0) is 20.5. The first-order valence-electron chi connectivity index (χ1n) is 10.7. The van der Waals surface area contributed by atoms with Crippen LogP contribution in [-0.2, 0) is 4.79 Å². The predicted molar refractivity (Wildman–Crippen MR) is 117 cm³/mol. The van der Waals surface area contributed by atoms with E-state index >= 15 is 0 Å². The quantitative estimate of drug-likeness (QED) is 0.719. The highest BCUT2D eigenvalue weighted by Gasteiger charge is 2.26. The Hall–Kier alpha value is -3.16. The van der Waals surface area contributed by atoms with E-state index in [0.29, 0.717) is 0 Å². The molecule has 4 heterocycles. The minimum atomic E-state index is 0.0269. The number of carbonyl (C=O) groups is 1. The van der Waals surface area contributed by atoms with Gasteiger partial charge < -0.3 is 15.1 Å². The van der Waals surface area contributed by atoms with Crippen LogP contribution in [0.3, 0.4) is 0 Å². The number of amides is 1. The average molecular weight is 406 g/mol. The van der Waals surface area contributed by atoms with E-state index in [1.165, 1.54) is 12.1 Å². The molecule has 0 radical (unpaired) electrons. The van der Waals surface area contributed by atoms with Gasteiger partial charge in [-0.25, -0.2) is 0 Å². The lowest BCUT2D eigenvalue weighted by Crippen LogP contribution is -2.38. The fourth-order valence-corrected chi connectivity index (χ4v) is 4.43. The van der Waals surface area contributed by atoms with E-state index in [2.05, 4.69) is 49.5 Å². The summed E-state index contributed by atoms with van der Waals surface area (Å²) in [5.41, 5.74) is 2.85. The Bertz CT molecular complexity index is 1020. The lowest BCUT2D eigenvalue weighted by Gasteiger charge is -2.32. The molecule has 3 aromatic rings. The van der Waals surface area contributed by atoms with Crippen LogP contribution in [0.15, 0.2) is 42.7 Å². The van der Waals surface area contributed by atoms with Gasteiger partial charge in [-0.3, -0.25) is 4.79 Å². The van der Waals surface area contributed by atoms with Crippen LogP contribution in [0.5, 0.6) is 0 Å². The lowest BCUT2D eigenvalue weighted by molar-refractivity contribution is -0.120. The topological polar surface area (TPSA) is 78.7 Å². The summed E-state index contributed by atoms with van der Waals surface area (Å²) in [5.74, 6) is 1.79. The van der Waals surface area contributed by atoms with Crippen LogP contribution < -0.4 is 15.1 Å². The van der Waals surface area contributed by atoms with Crippen molar-refractivity contribution in [2.24, 2.45) is 11.8 Å². The molecule has 1 N–H and O–H groups in total. The first-order valence-corrected chi connectivity index (χ1v) is 10.7. The molecule has 0 bridgehead atoms. The Morgan fingerprint density at radius 3 is 2.50 bits per heavy atom. The molecule has 5 rings (SSSR count). The largest absolute Gasteiger partial charge is 0.371 e. The molecular formula is C22H27N7O. The van der Waals surface area contributed by atoms with Crippen LogP contribution >= 0.6 is 0 Å². The minimum absolute atomic E-state index is 0.0269. The summed E-state index contributed by atoms with van der Waals surface area (Å²) in [7, 11) is 0. The van der Waals surface area contributed by atoms with E-state index in [1.54, 1.807) is 10.8 Å². The smallest absolute Gasteiger partial charge is 0.227 e. The summed E-state index contributed by atoms with van der Waals surface area (Å²) in [6, 6.07) is 12.1. The van der Waals surface area contributed by atoms with Crippen molar-refractivity contribution in [2.45, 2.75) is 26.2 Å². The molecule has 156 valence electrons. The Labute approximate surface area is 175 Å². The molecule has 0 aliphatic carbocycles. The lowest BCUT2D eigenvalue weighted by atomic mass is 9.96. The third-order valence-corrected chi connectivity index (χ3v) is 6.26. The number of hydrogen-bond donors (Lipinski definition) is 1. The molecule has 0 spiro atoms. The van der Waals surface area contributed by atoms with E-state index < -0.39 is 0 Å². The Kier molecular flexibility index (Phi) is 4.98. The van der Waals surface area contributed by atoms with E-state index in [-0.39, 0.29) is 11.8 Å². The monoisotopic (exact) mass is 405 g/mol. The number of nitrogens with zero attached hydrogens (tertiary/aromatic N) is 6. The summed E-state index contributed by atoms with van der Waals surface area (Å²) < 4.78 is 1.68. The SMILES string of the molecule is CC1CCN(c2ccc(NC(=O)C3CCN(c4ccc5nncn5n4)CC3)cc2)C1. The molecule has 1 atom stereocenters. The predicted octanol–water partition coefficient (Wildman–Crippen LogP) is 2.83. The Balaban J connectivity index is 1.16. The molecule has 30 heavy (non-hydrogen) atoms. The van der Waals surface area contributed by atoms with Gasteiger partial charge in [0, 0.05) is 43.5 Å². The van der Waals surface area contributed by atoms with Crippen molar-refractivity contribution >= 4 is 28.7 Å². The fourth-order valence-electron chi connectivity index (χ4n) is 4.43. The van der Waals surface area contributed by atoms with Gasteiger partial charge in [0.1, 0.15) is 12.1 Å². The minimum Gasteiger partial charge on any atom is -0.371 e. The van der Waals surface area contributed by atoms with Gasteiger partial charge in [-0.15, -0.1) is 15.3 Å². The first kappa shape index (κ1) is 18.8. The maximum absolute atomic E-state index is 12.8. The van der Waals surface area contributed by atoms with Crippen LogP contribution in [0, 0.1) is 11.8 Å². The van der Waals surface area contributed by atoms with E-state index in [1.807, 2.05) is 24.3 Å². The molecule has 2 saturated heterocycles. The molecular weight excluding hydrogens is 378 g/mol. The average Bonchev–Trinajstić information content (AvgIpc) is 3.42. The third kappa shape index (κ3) is 3.81. The molecule has 2 fully saturated rings. The highest BCUT2D eigenvalue weighted by Crippen LogP contribution is 2.26. The van der Waals surface area contributed by atoms with Gasteiger partial charge in [-0.2, -0.15) is 4.52 Å². The number of carbonyl (C=O) groups excluding carboxylic acids is 1. The van der Waals surface area contributed by atoms with Crippen molar-refractivity contribution in [1.82, 2.24) is 19.8 Å². The molecule has 1 amide bonds. The number of anilines is 3. The second kappa shape index (κ2) is 7.93. The first-order chi connectivity index (χ1) is 14.7. The van der Waals surface area contributed by atoms with Crippen molar-refractivity contribution in [2.75, 3.05) is 41.3 Å². The van der Waals surface area contributed by atoms with E-state index in [9.17, 15) is 4.79 Å². The Morgan fingerprint density at radius 1 is 1.00 bits per heavy atom. The summed E-state index contributed by atoms with van der Waals surface area (Å²) in [6.07, 6.45) is 4.49. The molecule has 8 heteroatoms. The molecule has 2 aromatic heterocycles. The summed E-state index contributed by atoms with van der Waals surface area (Å²) in [5, 5.41) is 15.5. The van der Waals surface area contributed by atoms with Crippen LogP contribution in [0.4, 0.5) is 17.2 Å². The molecule has 1 aromatic carbocycles. The summed E-state index contributed by atoms with van der Waals surface area (Å²) in [6.45, 7) is 6.15. The summed E-state index contributed by atoms with van der Waals surface area (Å²) >= 11 is 0. The highest BCUT2D eigenvalue weighted by atomic mass is 16.1. The second-order valence-corrected chi connectivity index (χ2v) is 8.46.